The van der Waals surface area contributed by atoms with Crippen LogP contribution in [0.5, 0.6) is 0 Å². The van der Waals surface area contributed by atoms with Crippen LogP contribution in [0.3, 0.4) is 0 Å². The Morgan fingerprint density at radius 1 is 0.474 bits per heavy atom. The zero-order valence-corrected chi connectivity index (χ0v) is 10.3. The molecule has 0 heterocycles. The summed E-state index contributed by atoms with van der Waals surface area (Å²) in [6, 6.07) is 0. The third-order valence-corrected chi connectivity index (χ3v) is 2.52. The van der Waals surface area contributed by atoms with Gasteiger partial charge in [-0.2, -0.15) is 0 Å². The summed E-state index contributed by atoms with van der Waals surface area (Å²) in [5.74, 6) is 0. The van der Waals surface area contributed by atoms with Gasteiger partial charge in [-0.3, -0.25) is 0 Å². The first-order valence-electron chi connectivity index (χ1n) is 5.51. The van der Waals surface area contributed by atoms with Gasteiger partial charge in [0.05, 0.1) is 13.2 Å². The highest BCUT2D eigenvalue weighted by molar-refractivity contribution is 5.18. The van der Waals surface area contributed by atoms with E-state index in [0.717, 1.165) is 0 Å². The second-order valence-electron chi connectivity index (χ2n) is 3.71. The molecule has 0 amide bonds. The molecule has 112 valence electrons. The minimum atomic E-state index is -1.15. The van der Waals surface area contributed by atoms with Crippen LogP contribution in [0.1, 0.15) is 0 Å². The van der Waals surface area contributed by atoms with Crippen molar-refractivity contribution in [3.8, 4) is 0 Å². The number of halogens is 6. The summed E-state index contributed by atoms with van der Waals surface area (Å²) in [6.07, 6.45) is 0. The number of alkyl halides is 6. The molecular weight excluding hydrogens is 274 g/mol. The maximum absolute atomic E-state index is 12.5. The lowest BCUT2D eigenvalue weighted by molar-refractivity contribution is 0.167. The topological polar surface area (TPSA) is 9.23 Å². The van der Waals surface area contributed by atoms with Gasteiger partial charge in [0.1, 0.15) is 40.0 Å². The summed E-state index contributed by atoms with van der Waals surface area (Å²) in [5, 5.41) is 0. The third-order valence-electron chi connectivity index (χ3n) is 2.52. The molecule has 0 aliphatic rings. The number of allylic oxidation sites excluding steroid dienone is 2. The molecule has 0 saturated heterocycles. The van der Waals surface area contributed by atoms with Crippen molar-refractivity contribution in [2.45, 2.75) is 0 Å². The largest absolute Gasteiger partial charge is 0.373 e. The van der Waals surface area contributed by atoms with Gasteiger partial charge >= 0.3 is 0 Å². The summed E-state index contributed by atoms with van der Waals surface area (Å²) in [4.78, 5) is 0. The minimum Gasteiger partial charge on any atom is -0.373 e. The predicted octanol–water partition coefficient (Wildman–Crippen LogP) is 3.41. The van der Waals surface area contributed by atoms with E-state index in [4.69, 9.17) is 4.74 Å². The molecule has 0 rings (SSSR count). The van der Waals surface area contributed by atoms with Crippen LogP contribution in [0.4, 0.5) is 26.3 Å². The Balaban J connectivity index is 4.56. The number of ether oxygens (including phenoxy) is 1. The molecule has 0 aliphatic carbocycles. The Morgan fingerprint density at radius 3 is 0.947 bits per heavy atom. The molecule has 0 unspecified atom stereocenters. The highest BCUT2D eigenvalue weighted by Gasteiger charge is 2.10. The van der Waals surface area contributed by atoms with Crippen molar-refractivity contribution >= 4 is 0 Å². The highest BCUT2D eigenvalue weighted by Crippen LogP contribution is 2.12. The van der Waals surface area contributed by atoms with E-state index in [-0.39, 0.29) is 22.3 Å². The molecule has 0 aromatic carbocycles. The van der Waals surface area contributed by atoms with E-state index in [9.17, 15) is 26.3 Å². The van der Waals surface area contributed by atoms with E-state index in [0.29, 0.717) is 0 Å². The van der Waals surface area contributed by atoms with Gasteiger partial charge in [-0.15, -0.1) is 0 Å². The van der Waals surface area contributed by atoms with Crippen LogP contribution in [-0.4, -0.2) is 53.3 Å². The Morgan fingerprint density at radius 2 is 0.737 bits per heavy atom. The number of rotatable bonds is 10. The average Bonchev–Trinajstić information content (AvgIpc) is 2.45. The molecule has 1 nitrogen and oxygen atoms in total. The zero-order chi connectivity index (χ0) is 14.7. The molecule has 0 aliphatic heterocycles. The lowest BCUT2D eigenvalue weighted by Crippen LogP contribution is -2.11. The second-order valence-corrected chi connectivity index (χ2v) is 3.71. The standard InChI is InChI=1S/C12H16F6O/c13-1-9(2-14)11(5-17)7-19-8-12(6-18)10(3-15)4-16/h1-8H2. The molecule has 0 spiro atoms. The lowest BCUT2D eigenvalue weighted by atomic mass is 10.1. The first-order valence-corrected chi connectivity index (χ1v) is 5.51. The van der Waals surface area contributed by atoms with Gasteiger partial charge in [0.15, 0.2) is 0 Å². The monoisotopic (exact) mass is 290 g/mol. The molecule has 0 fully saturated rings. The van der Waals surface area contributed by atoms with Gasteiger partial charge in [-0.05, 0) is 22.3 Å². The van der Waals surface area contributed by atoms with Crippen molar-refractivity contribution in [2.24, 2.45) is 0 Å². The van der Waals surface area contributed by atoms with Gasteiger partial charge in [-0.1, -0.05) is 0 Å². The molecule has 0 saturated carbocycles. The van der Waals surface area contributed by atoms with Gasteiger partial charge in [0.2, 0.25) is 0 Å². The zero-order valence-electron chi connectivity index (χ0n) is 10.3. The average molecular weight is 290 g/mol. The molecule has 0 aromatic heterocycles. The fraction of sp³-hybridized carbons (Fsp3) is 0.667. The quantitative estimate of drug-likeness (QED) is 0.442. The summed E-state index contributed by atoms with van der Waals surface area (Å²) in [7, 11) is 0. The molecular formula is C12H16F6O. The van der Waals surface area contributed by atoms with E-state index in [1.165, 1.54) is 0 Å². The Bertz CT molecular complexity index is 271. The molecule has 0 aromatic rings. The SMILES string of the molecule is FCC(CF)=C(CF)COCC(CF)=C(CF)CF. The van der Waals surface area contributed by atoms with Gasteiger partial charge in [0.25, 0.3) is 0 Å². The Labute approximate surface area is 107 Å². The number of hydrogen-bond acceptors (Lipinski definition) is 1. The van der Waals surface area contributed by atoms with Gasteiger partial charge in [0, 0.05) is 0 Å². The summed E-state index contributed by atoms with van der Waals surface area (Å²) < 4.78 is 79.0. The fourth-order valence-electron chi connectivity index (χ4n) is 1.22. The highest BCUT2D eigenvalue weighted by atomic mass is 19.2. The number of hydrogen-bond donors (Lipinski definition) is 0. The first-order chi connectivity index (χ1) is 9.18. The van der Waals surface area contributed by atoms with Crippen molar-refractivity contribution in [3.05, 3.63) is 22.3 Å². The van der Waals surface area contributed by atoms with Crippen LogP contribution in [0.25, 0.3) is 0 Å². The molecule has 7 heteroatoms. The van der Waals surface area contributed by atoms with Crippen LogP contribution in [0.2, 0.25) is 0 Å². The summed E-state index contributed by atoms with van der Waals surface area (Å²) >= 11 is 0. The normalized spacial score (nSPS) is 10.4. The van der Waals surface area contributed by atoms with E-state index in [1.807, 2.05) is 0 Å². The van der Waals surface area contributed by atoms with Crippen molar-refractivity contribution in [2.75, 3.05) is 53.3 Å². The summed E-state index contributed by atoms with van der Waals surface area (Å²) in [6.45, 7) is -7.69. The predicted molar refractivity (Wildman–Crippen MR) is 60.7 cm³/mol. The second kappa shape index (κ2) is 10.9. The Hall–Kier alpha value is -0.980. The van der Waals surface area contributed by atoms with Crippen molar-refractivity contribution in [1.82, 2.24) is 0 Å². The molecule has 0 atom stereocenters. The van der Waals surface area contributed by atoms with Crippen LogP contribution < -0.4 is 0 Å². The summed E-state index contributed by atoms with van der Waals surface area (Å²) in [5.41, 5.74) is -1.18. The third kappa shape index (κ3) is 6.13. The van der Waals surface area contributed by atoms with Crippen LogP contribution in [0.15, 0.2) is 22.3 Å². The van der Waals surface area contributed by atoms with Crippen molar-refractivity contribution in [1.29, 1.82) is 0 Å². The molecule has 0 bridgehead atoms. The van der Waals surface area contributed by atoms with E-state index in [1.54, 1.807) is 0 Å². The Kier molecular flexibility index (Phi) is 10.3. The maximum Gasteiger partial charge on any atom is 0.113 e. The van der Waals surface area contributed by atoms with E-state index < -0.39 is 53.3 Å². The minimum absolute atomic E-state index is 0.217. The van der Waals surface area contributed by atoms with Crippen LogP contribution >= 0.6 is 0 Å². The smallest absolute Gasteiger partial charge is 0.113 e. The van der Waals surface area contributed by atoms with E-state index >= 15 is 0 Å². The van der Waals surface area contributed by atoms with Crippen molar-refractivity contribution < 1.29 is 31.1 Å². The molecule has 19 heavy (non-hydrogen) atoms. The molecule has 0 radical (unpaired) electrons. The van der Waals surface area contributed by atoms with Crippen LogP contribution in [-0.2, 0) is 4.74 Å². The first kappa shape index (κ1) is 18.0. The lowest BCUT2D eigenvalue weighted by Gasteiger charge is -2.11. The van der Waals surface area contributed by atoms with E-state index in [2.05, 4.69) is 0 Å². The maximum atomic E-state index is 12.5. The molecule has 0 N–H and O–H groups in total. The van der Waals surface area contributed by atoms with Crippen molar-refractivity contribution in [3.63, 3.8) is 0 Å². The van der Waals surface area contributed by atoms with Crippen LogP contribution in [0, 0.1) is 0 Å². The fourth-order valence-corrected chi connectivity index (χ4v) is 1.22. The van der Waals surface area contributed by atoms with Gasteiger partial charge in [-0.25, -0.2) is 26.3 Å². The van der Waals surface area contributed by atoms with Gasteiger partial charge < -0.3 is 4.74 Å².